The minimum Gasteiger partial charge on any atom is -0.480 e. The first-order valence-electron chi connectivity index (χ1n) is 4.83. The molecule has 0 saturated heterocycles. The molecule has 0 bridgehead atoms. The highest BCUT2D eigenvalue weighted by molar-refractivity contribution is 5.73. The van der Waals surface area contributed by atoms with Crippen LogP contribution in [-0.4, -0.2) is 23.2 Å². The fraction of sp³-hybridized carbons (Fsp3) is 0.889. The smallest absolute Gasteiger partial charge is 0.320 e. The lowest BCUT2D eigenvalue weighted by Crippen LogP contribution is -2.35. The Bertz CT molecular complexity index is 176. The predicted molar refractivity (Wildman–Crippen MR) is 50.2 cm³/mol. The van der Waals surface area contributed by atoms with Gasteiger partial charge in [0.1, 0.15) is 6.04 Å². The molecular weight excluding hydrogens is 168 g/mol. The molecule has 0 amide bonds. The topological polar surface area (TPSA) is 89.3 Å². The largest absolute Gasteiger partial charge is 0.480 e. The summed E-state index contributed by atoms with van der Waals surface area (Å²) in [6.07, 6.45) is 4.68. The Balaban J connectivity index is 2.26. The molecule has 0 heterocycles. The van der Waals surface area contributed by atoms with Gasteiger partial charge in [0.25, 0.3) is 0 Å². The van der Waals surface area contributed by atoms with Crippen LogP contribution in [-0.2, 0) is 4.79 Å². The quantitative estimate of drug-likeness (QED) is 0.591. The van der Waals surface area contributed by atoms with E-state index in [1.54, 1.807) is 0 Å². The summed E-state index contributed by atoms with van der Waals surface area (Å²) in [7, 11) is 0. The van der Waals surface area contributed by atoms with E-state index in [2.05, 4.69) is 0 Å². The van der Waals surface area contributed by atoms with E-state index in [-0.39, 0.29) is 0 Å². The fourth-order valence-electron chi connectivity index (χ4n) is 1.88. The molecule has 5 N–H and O–H groups in total. The van der Waals surface area contributed by atoms with Gasteiger partial charge in [-0.3, -0.25) is 4.79 Å². The number of carboxylic acids is 1. The third-order valence-corrected chi connectivity index (χ3v) is 2.80. The monoisotopic (exact) mass is 186 g/mol. The van der Waals surface area contributed by atoms with Gasteiger partial charge in [-0.25, -0.2) is 0 Å². The van der Waals surface area contributed by atoms with Crippen molar-refractivity contribution in [1.82, 2.24) is 0 Å². The molecule has 0 aromatic rings. The van der Waals surface area contributed by atoms with E-state index in [1.807, 2.05) is 0 Å². The van der Waals surface area contributed by atoms with Crippen molar-refractivity contribution in [2.45, 2.75) is 44.2 Å². The van der Waals surface area contributed by atoms with Crippen molar-refractivity contribution in [3.05, 3.63) is 0 Å². The molecule has 1 aliphatic rings. The highest BCUT2D eigenvalue weighted by Crippen LogP contribution is 2.26. The maximum absolute atomic E-state index is 10.5. The molecule has 1 rings (SSSR count). The molecule has 1 atom stereocenters. The van der Waals surface area contributed by atoms with Crippen LogP contribution in [0.3, 0.4) is 0 Å². The lowest BCUT2D eigenvalue weighted by molar-refractivity contribution is -0.139. The number of hydrogen-bond donors (Lipinski definition) is 3. The Labute approximate surface area is 78.3 Å². The highest BCUT2D eigenvalue weighted by Gasteiger charge is 2.23. The number of carboxylic acid groups (broad SMARTS) is 1. The summed E-state index contributed by atoms with van der Waals surface area (Å²) in [6, 6.07) is -0.378. The summed E-state index contributed by atoms with van der Waals surface area (Å²) in [4.78, 5) is 10.5. The number of rotatable bonds is 3. The van der Waals surface area contributed by atoms with Gasteiger partial charge in [-0.1, -0.05) is 0 Å². The normalized spacial score (nSPS) is 31.2. The highest BCUT2D eigenvalue weighted by atomic mass is 16.4. The van der Waals surface area contributed by atoms with E-state index in [1.165, 1.54) is 0 Å². The van der Waals surface area contributed by atoms with E-state index in [4.69, 9.17) is 16.6 Å². The van der Waals surface area contributed by atoms with Crippen LogP contribution in [0.5, 0.6) is 0 Å². The Kier molecular flexibility index (Phi) is 3.69. The number of aliphatic carboxylic acids is 1. The maximum Gasteiger partial charge on any atom is 0.320 e. The van der Waals surface area contributed by atoms with Crippen molar-refractivity contribution >= 4 is 5.97 Å². The van der Waals surface area contributed by atoms with Crippen LogP contribution in [0.4, 0.5) is 0 Å². The van der Waals surface area contributed by atoms with Gasteiger partial charge >= 0.3 is 5.97 Å². The minimum absolute atomic E-state index is 0.317. The molecule has 76 valence electrons. The van der Waals surface area contributed by atoms with Crippen LogP contribution >= 0.6 is 0 Å². The molecule has 1 fully saturated rings. The van der Waals surface area contributed by atoms with Crippen molar-refractivity contribution in [1.29, 1.82) is 0 Å². The van der Waals surface area contributed by atoms with E-state index >= 15 is 0 Å². The zero-order valence-corrected chi connectivity index (χ0v) is 7.78. The van der Waals surface area contributed by atoms with Gasteiger partial charge in [-0.05, 0) is 38.0 Å². The fourth-order valence-corrected chi connectivity index (χ4v) is 1.88. The zero-order valence-electron chi connectivity index (χ0n) is 7.78. The first kappa shape index (κ1) is 10.5. The summed E-state index contributed by atoms with van der Waals surface area (Å²) >= 11 is 0. The Morgan fingerprint density at radius 3 is 2.38 bits per heavy atom. The van der Waals surface area contributed by atoms with Crippen molar-refractivity contribution in [2.75, 3.05) is 0 Å². The van der Waals surface area contributed by atoms with Crippen molar-refractivity contribution in [3.63, 3.8) is 0 Å². The predicted octanol–water partition coefficient (Wildman–Crippen LogP) is 0.306. The van der Waals surface area contributed by atoms with Gasteiger partial charge in [0, 0.05) is 6.04 Å². The lowest BCUT2D eigenvalue weighted by atomic mass is 9.83. The van der Waals surface area contributed by atoms with Crippen molar-refractivity contribution < 1.29 is 9.90 Å². The van der Waals surface area contributed by atoms with Gasteiger partial charge in [0.05, 0.1) is 0 Å². The molecule has 1 aliphatic carbocycles. The van der Waals surface area contributed by atoms with Crippen molar-refractivity contribution in [3.8, 4) is 0 Å². The number of carbonyl (C=O) groups is 1. The number of hydrogen-bond acceptors (Lipinski definition) is 3. The van der Waals surface area contributed by atoms with E-state index < -0.39 is 12.0 Å². The maximum atomic E-state index is 10.5. The van der Waals surface area contributed by atoms with Crippen LogP contribution < -0.4 is 11.5 Å². The van der Waals surface area contributed by atoms with Gasteiger partial charge in [-0.2, -0.15) is 0 Å². The van der Waals surface area contributed by atoms with E-state index in [9.17, 15) is 4.79 Å². The van der Waals surface area contributed by atoms with Crippen LogP contribution in [0, 0.1) is 5.92 Å². The second kappa shape index (κ2) is 4.58. The van der Waals surface area contributed by atoms with Crippen LogP contribution in [0.15, 0.2) is 0 Å². The molecule has 0 aliphatic heterocycles. The van der Waals surface area contributed by atoms with Gasteiger partial charge in [0.15, 0.2) is 0 Å². The van der Waals surface area contributed by atoms with Gasteiger partial charge in [0.2, 0.25) is 0 Å². The standard InChI is InChI=1S/C9H18N2O2/c10-7-3-1-6(2-4-7)5-8(11)9(12)13/h6-8H,1-5,10-11H2,(H,12,13)/t6-,7-,8-/m0/s1. The lowest BCUT2D eigenvalue weighted by Gasteiger charge is -2.26. The summed E-state index contributed by atoms with van der Waals surface area (Å²) in [5.41, 5.74) is 11.2. The Hall–Kier alpha value is -0.610. The van der Waals surface area contributed by atoms with Crippen molar-refractivity contribution in [2.24, 2.45) is 17.4 Å². The molecule has 0 aromatic heterocycles. The van der Waals surface area contributed by atoms with Gasteiger partial charge in [-0.15, -0.1) is 0 Å². The molecule has 4 heteroatoms. The molecule has 1 saturated carbocycles. The van der Waals surface area contributed by atoms with Crippen LogP contribution in [0.2, 0.25) is 0 Å². The summed E-state index contributed by atoms with van der Waals surface area (Å²) < 4.78 is 0. The number of nitrogens with two attached hydrogens (primary N) is 2. The first-order chi connectivity index (χ1) is 6.09. The summed E-state index contributed by atoms with van der Waals surface area (Å²) in [5, 5.41) is 8.61. The molecular formula is C9H18N2O2. The molecule has 13 heavy (non-hydrogen) atoms. The van der Waals surface area contributed by atoms with E-state index in [0.29, 0.717) is 18.4 Å². The van der Waals surface area contributed by atoms with Crippen LogP contribution in [0.25, 0.3) is 0 Å². The first-order valence-corrected chi connectivity index (χ1v) is 4.83. The molecule has 0 radical (unpaired) electrons. The Morgan fingerprint density at radius 2 is 1.92 bits per heavy atom. The molecule has 4 nitrogen and oxygen atoms in total. The average Bonchev–Trinajstić information content (AvgIpc) is 2.08. The molecule has 0 aromatic carbocycles. The van der Waals surface area contributed by atoms with E-state index in [0.717, 1.165) is 25.7 Å². The second-order valence-electron chi connectivity index (χ2n) is 3.96. The molecule has 0 spiro atoms. The zero-order chi connectivity index (χ0) is 9.84. The summed E-state index contributed by atoms with van der Waals surface area (Å²) in [6.45, 7) is 0. The van der Waals surface area contributed by atoms with Crippen LogP contribution in [0.1, 0.15) is 32.1 Å². The minimum atomic E-state index is -0.894. The summed E-state index contributed by atoms with van der Waals surface area (Å²) in [5.74, 6) is -0.430. The SMILES string of the molecule is N[C@@H](C[C@H]1CC[C@H](N)CC1)C(=O)O. The Morgan fingerprint density at radius 1 is 1.38 bits per heavy atom. The second-order valence-corrected chi connectivity index (χ2v) is 3.96. The third-order valence-electron chi connectivity index (χ3n) is 2.80. The average molecular weight is 186 g/mol. The third kappa shape index (κ3) is 3.32. The molecule has 0 unspecified atom stereocenters. The van der Waals surface area contributed by atoms with Gasteiger partial charge < -0.3 is 16.6 Å².